The average Bonchev–Trinajstić information content (AvgIpc) is 3.11. The fourth-order valence-electron chi connectivity index (χ4n) is 2.34. The molecule has 0 saturated heterocycles. The minimum atomic E-state index is -0.0562. The maximum absolute atomic E-state index is 11.9. The predicted octanol–water partition coefficient (Wildman–Crippen LogP) is 2.51. The van der Waals surface area contributed by atoms with Gasteiger partial charge in [-0.15, -0.1) is 0 Å². The van der Waals surface area contributed by atoms with Crippen LogP contribution in [0.25, 0.3) is 0 Å². The van der Waals surface area contributed by atoms with Crippen molar-refractivity contribution in [3.63, 3.8) is 0 Å². The van der Waals surface area contributed by atoms with Crippen LogP contribution in [-0.4, -0.2) is 11.4 Å². The Morgan fingerprint density at radius 1 is 1.39 bits per heavy atom. The zero-order chi connectivity index (χ0) is 13.2. The van der Waals surface area contributed by atoms with Gasteiger partial charge in [-0.3, -0.25) is 4.79 Å². The Labute approximate surface area is 109 Å². The lowest BCUT2D eigenvalue weighted by molar-refractivity contribution is -0.122. The number of para-hydroxylation sites is 1. The Morgan fingerprint density at radius 3 is 2.67 bits per heavy atom. The number of aryl methyl sites for hydroxylation is 1. The van der Waals surface area contributed by atoms with Gasteiger partial charge in [0.15, 0.2) is 0 Å². The molecule has 1 saturated carbocycles. The quantitative estimate of drug-likeness (QED) is 0.784. The number of hydrogen-bond acceptors (Lipinski definition) is 2. The van der Waals surface area contributed by atoms with Crippen molar-refractivity contribution >= 4 is 11.6 Å². The molecule has 3 N–H and O–H groups in total. The van der Waals surface area contributed by atoms with E-state index in [0.717, 1.165) is 11.3 Å². The molecule has 1 aliphatic carbocycles. The Kier molecular flexibility index (Phi) is 3.60. The standard InChI is InChI=1S/C15H22N2O/c1-15(2,12-8-9-12)17-14(18)10-7-11-5-3-4-6-13(11)16/h3-6,12H,7-10,16H2,1-2H3,(H,17,18). The summed E-state index contributed by atoms with van der Waals surface area (Å²) in [5.41, 5.74) is 7.63. The summed E-state index contributed by atoms with van der Waals surface area (Å²) >= 11 is 0. The van der Waals surface area contributed by atoms with Gasteiger partial charge in [-0.25, -0.2) is 0 Å². The molecule has 0 radical (unpaired) electrons. The van der Waals surface area contributed by atoms with Gasteiger partial charge in [-0.2, -0.15) is 0 Å². The van der Waals surface area contributed by atoms with E-state index in [1.54, 1.807) is 0 Å². The number of nitrogens with one attached hydrogen (secondary N) is 1. The molecule has 0 atom stereocenters. The molecule has 0 bridgehead atoms. The van der Waals surface area contributed by atoms with Crippen LogP contribution in [-0.2, 0) is 11.2 Å². The Bertz CT molecular complexity index is 436. The number of carbonyl (C=O) groups is 1. The van der Waals surface area contributed by atoms with E-state index in [4.69, 9.17) is 5.73 Å². The zero-order valence-corrected chi connectivity index (χ0v) is 11.2. The summed E-state index contributed by atoms with van der Waals surface area (Å²) in [6.45, 7) is 4.22. The highest BCUT2D eigenvalue weighted by Crippen LogP contribution is 2.39. The molecule has 0 spiro atoms. The summed E-state index contributed by atoms with van der Waals surface area (Å²) in [4.78, 5) is 11.9. The maximum atomic E-state index is 11.9. The molecule has 1 fully saturated rings. The van der Waals surface area contributed by atoms with Crippen molar-refractivity contribution in [3.05, 3.63) is 29.8 Å². The fourth-order valence-corrected chi connectivity index (χ4v) is 2.34. The Morgan fingerprint density at radius 2 is 2.06 bits per heavy atom. The third kappa shape index (κ3) is 3.25. The lowest BCUT2D eigenvalue weighted by atomic mass is 9.98. The number of nitrogens with two attached hydrogens (primary N) is 1. The number of hydrogen-bond donors (Lipinski definition) is 2. The second-order valence-electron chi connectivity index (χ2n) is 5.74. The maximum Gasteiger partial charge on any atom is 0.220 e. The summed E-state index contributed by atoms with van der Waals surface area (Å²) < 4.78 is 0. The van der Waals surface area contributed by atoms with Crippen molar-refractivity contribution in [2.75, 3.05) is 5.73 Å². The molecule has 0 heterocycles. The zero-order valence-electron chi connectivity index (χ0n) is 11.2. The van der Waals surface area contributed by atoms with Crippen LogP contribution in [0.3, 0.4) is 0 Å². The highest BCUT2D eigenvalue weighted by atomic mass is 16.1. The van der Waals surface area contributed by atoms with Crippen LogP contribution < -0.4 is 11.1 Å². The molecule has 0 aromatic heterocycles. The molecule has 1 amide bonds. The van der Waals surface area contributed by atoms with Crippen molar-refractivity contribution in [3.8, 4) is 0 Å². The van der Waals surface area contributed by atoms with E-state index in [0.29, 0.717) is 18.8 Å². The van der Waals surface area contributed by atoms with Gasteiger partial charge in [0, 0.05) is 17.6 Å². The van der Waals surface area contributed by atoms with Crippen molar-refractivity contribution < 1.29 is 4.79 Å². The summed E-state index contributed by atoms with van der Waals surface area (Å²) in [5, 5.41) is 3.13. The van der Waals surface area contributed by atoms with E-state index in [2.05, 4.69) is 19.2 Å². The van der Waals surface area contributed by atoms with Gasteiger partial charge in [0.1, 0.15) is 0 Å². The molecule has 3 nitrogen and oxygen atoms in total. The SMILES string of the molecule is CC(C)(NC(=O)CCc1ccccc1N)C1CC1. The van der Waals surface area contributed by atoms with E-state index in [1.165, 1.54) is 12.8 Å². The minimum Gasteiger partial charge on any atom is -0.399 e. The van der Waals surface area contributed by atoms with E-state index in [1.807, 2.05) is 24.3 Å². The second kappa shape index (κ2) is 5.01. The second-order valence-corrected chi connectivity index (χ2v) is 5.74. The van der Waals surface area contributed by atoms with Crippen molar-refractivity contribution in [1.82, 2.24) is 5.32 Å². The fraction of sp³-hybridized carbons (Fsp3) is 0.533. The normalized spacial score (nSPS) is 15.4. The monoisotopic (exact) mass is 246 g/mol. The molecule has 1 aromatic rings. The number of benzene rings is 1. The van der Waals surface area contributed by atoms with Crippen molar-refractivity contribution in [2.24, 2.45) is 5.92 Å². The van der Waals surface area contributed by atoms with Crippen LogP contribution in [0.2, 0.25) is 0 Å². The van der Waals surface area contributed by atoms with E-state index < -0.39 is 0 Å². The Hall–Kier alpha value is -1.51. The molecule has 0 aliphatic heterocycles. The highest BCUT2D eigenvalue weighted by Gasteiger charge is 2.38. The molecular formula is C15H22N2O. The van der Waals surface area contributed by atoms with Gasteiger partial charge >= 0.3 is 0 Å². The van der Waals surface area contributed by atoms with Crippen LogP contribution in [0, 0.1) is 5.92 Å². The van der Waals surface area contributed by atoms with Crippen LogP contribution in [0.5, 0.6) is 0 Å². The molecule has 1 aliphatic rings. The van der Waals surface area contributed by atoms with E-state index in [-0.39, 0.29) is 11.4 Å². The van der Waals surface area contributed by atoms with Gasteiger partial charge in [0.05, 0.1) is 0 Å². The predicted molar refractivity (Wildman–Crippen MR) is 74.1 cm³/mol. The van der Waals surface area contributed by atoms with Crippen LogP contribution in [0.15, 0.2) is 24.3 Å². The Balaban J connectivity index is 1.83. The van der Waals surface area contributed by atoms with E-state index >= 15 is 0 Å². The molecule has 0 unspecified atom stereocenters. The van der Waals surface area contributed by atoms with Gasteiger partial charge in [0.2, 0.25) is 5.91 Å². The molecule has 3 heteroatoms. The summed E-state index contributed by atoms with van der Waals surface area (Å²) in [5.74, 6) is 0.776. The number of anilines is 1. The van der Waals surface area contributed by atoms with Gasteiger partial charge in [-0.1, -0.05) is 18.2 Å². The molecule has 18 heavy (non-hydrogen) atoms. The molecule has 98 valence electrons. The summed E-state index contributed by atoms with van der Waals surface area (Å²) in [7, 11) is 0. The van der Waals surface area contributed by atoms with Gasteiger partial charge in [0.25, 0.3) is 0 Å². The molecular weight excluding hydrogens is 224 g/mol. The van der Waals surface area contributed by atoms with Crippen molar-refractivity contribution in [1.29, 1.82) is 0 Å². The number of amides is 1. The van der Waals surface area contributed by atoms with Gasteiger partial charge in [-0.05, 0) is 50.7 Å². The van der Waals surface area contributed by atoms with Crippen LogP contribution in [0.4, 0.5) is 5.69 Å². The molecule has 2 rings (SSSR count). The topological polar surface area (TPSA) is 55.1 Å². The first-order valence-electron chi connectivity index (χ1n) is 6.63. The van der Waals surface area contributed by atoms with Crippen molar-refractivity contribution in [2.45, 2.75) is 45.1 Å². The summed E-state index contributed by atoms with van der Waals surface area (Å²) in [6, 6.07) is 7.73. The number of rotatable bonds is 5. The third-order valence-corrected chi connectivity index (χ3v) is 3.74. The smallest absolute Gasteiger partial charge is 0.220 e. The molecule has 1 aromatic carbocycles. The first-order chi connectivity index (χ1) is 8.49. The van der Waals surface area contributed by atoms with Crippen LogP contribution in [0.1, 0.15) is 38.7 Å². The lowest BCUT2D eigenvalue weighted by Crippen LogP contribution is -2.45. The number of nitrogen functional groups attached to an aromatic ring is 1. The van der Waals surface area contributed by atoms with Gasteiger partial charge < -0.3 is 11.1 Å². The largest absolute Gasteiger partial charge is 0.399 e. The van der Waals surface area contributed by atoms with Crippen LogP contribution >= 0.6 is 0 Å². The first-order valence-corrected chi connectivity index (χ1v) is 6.63. The highest BCUT2D eigenvalue weighted by molar-refractivity contribution is 5.77. The lowest BCUT2D eigenvalue weighted by Gasteiger charge is -2.26. The minimum absolute atomic E-state index is 0.0562. The van der Waals surface area contributed by atoms with E-state index in [9.17, 15) is 4.79 Å². The summed E-state index contributed by atoms with van der Waals surface area (Å²) in [6.07, 6.45) is 3.68. The third-order valence-electron chi connectivity index (χ3n) is 3.74. The average molecular weight is 246 g/mol. The number of carbonyl (C=O) groups excluding carboxylic acids is 1. The first kappa shape index (κ1) is 12.9.